The van der Waals surface area contributed by atoms with Gasteiger partial charge in [0.2, 0.25) is 5.56 Å². The number of nitrogens with one attached hydrogen (secondary N) is 1. The van der Waals surface area contributed by atoms with Crippen molar-refractivity contribution in [1.29, 1.82) is 0 Å². The van der Waals surface area contributed by atoms with E-state index in [1.807, 2.05) is 42.5 Å². The van der Waals surface area contributed by atoms with Gasteiger partial charge in [-0.1, -0.05) is 92.7 Å². The first-order chi connectivity index (χ1) is 20.6. The second-order valence-electron chi connectivity index (χ2n) is 11.5. The zero-order valence-corrected chi connectivity index (χ0v) is 24.7. The molecule has 0 unspecified atom stereocenters. The molecule has 6 rings (SSSR count). The lowest BCUT2D eigenvalue weighted by Gasteiger charge is -2.29. The van der Waals surface area contributed by atoms with Crippen molar-refractivity contribution in [3.05, 3.63) is 146 Å². The van der Waals surface area contributed by atoms with Gasteiger partial charge in [-0.05, 0) is 83.2 Å². The van der Waals surface area contributed by atoms with Gasteiger partial charge in [0.15, 0.2) is 0 Å². The first-order valence-electron chi connectivity index (χ1n) is 15.3. The Balaban J connectivity index is 1.25. The molecule has 0 fully saturated rings. The van der Waals surface area contributed by atoms with E-state index in [4.69, 9.17) is 4.74 Å². The monoisotopic (exact) mass is 556 g/mol. The second-order valence-corrected chi connectivity index (χ2v) is 11.5. The lowest BCUT2D eigenvalue weighted by Crippen LogP contribution is -2.37. The van der Waals surface area contributed by atoms with Crippen LogP contribution in [0.2, 0.25) is 0 Å². The van der Waals surface area contributed by atoms with Crippen molar-refractivity contribution in [2.45, 2.75) is 65.1 Å². The van der Waals surface area contributed by atoms with Crippen LogP contribution in [-0.2, 0) is 45.3 Å². The van der Waals surface area contributed by atoms with E-state index in [0.717, 1.165) is 61.7 Å². The minimum Gasteiger partial charge on any atom is -0.487 e. The summed E-state index contributed by atoms with van der Waals surface area (Å²) < 4.78 is 6.19. The summed E-state index contributed by atoms with van der Waals surface area (Å²) in [7, 11) is 0. The quantitative estimate of drug-likeness (QED) is 0.184. The first kappa shape index (κ1) is 28.0. The van der Waals surface area contributed by atoms with Gasteiger partial charge in [0.05, 0.1) is 5.52 Å². The molecule has 5 aromatic rings. The van der Waals surface area contributed by atoms with Gasteiger partial charge in [-0.3, -0.25) is 9.69 Å². The first-order valence-corrected chi connectivity index (χ1v) is 15.3. The van der Waals surface area contributed by atoms with Gasteiger partial charge in [0.25, 0.3) is 0 Å². The number of nitrogens with zero attached hydrogens (tertiary/aromatic N) is 1. The standard InChI is InChI=1S/C38H40N2O2/c1-3-29-21-32-23-34(24-33(32)22-30(29)4-2)40(25-27-11-7-5-8-12-27)20-19-31-15-17-36(38-35(31)16-18-37(41)39-38)42-26-28-13-9-6-10-14-28/h5-18,21-22,34H,3-4,19-20,23-26H2,1-2H3,(H,39,41). The van der Waals surface area contributed by atoms with Crippen LogP contribution < -0.4 is 10.3 Å². The molecule has 0 spiro atoms. The van der Waals surface area contributed by atoms with Gasteiger partial charge >= 0.3 is 0 Å². The summed E-state index contributed by atoms with van der Waals surface area (Å²) in [5.74, 6) is 0.709. The van der Waals surface area contributed by atoms with Crippen LogP contribution in [0.15, 0.2) is 102 Å². The summed E-state index contributed by atoms with van der Waals surface area (Å²) in [5.41, 5.74) is 10.4. The third-order valence-corrected chi connectivity index (χ3v) is 8.79. The molecule has 1 heterocycles. The Labute approximate surface area is 249 Å². The molecule has 0 aliphatic heterocycles. The molecule has 214 valence electrons. The van der Waals surface area contributed by atoms with Crippen LogP contribution in [0, 0.1) is 0 Å². The molecule has 0 saturated carbocycles. The molecule has 0 saturated heterocycles. The second kappa shape index (κ2) is 12.8. The number of aromatic amines is 1. The molecule has 1 N–H and O–H groups in total. The number of hydrogen-bond donors (Lipinski definition) is 1. The van der Waals surface area contributed by atoms with Gasteiger partial charge in [-0.25, -0.2) is 0 Å². The van der Waals surface area contributed by atoms with Crippen molar-refractivity contribution < 1.29 is 4.74 Å². The van der Waals surface area contributed by atoms with E-state index in [0.29, 0.717) is 18.4 Å². The molecular formula is C38H40N2O2. The molecule has 0 radical (unpaired) electrons. The molecule has 4 nitrogen and oxygen atoms in total. The van der Waals surface area contributed by atoms with Crippen molar-refractivity contribution in [3.63, 3.8) is 0 Å². The fourth-order valence-electron chi connectivity index (χ4n) is 6.50. The van der Waals surface area contributed by atoms with Crippen molar-refractivity contribution in [1.82, 2.24) is 9.88 Å². The Bertz CT molecular complexity index is 1680. The molecule has 42 heavy (non-hydrogen) atoms. The average molecular weight is 557 g/mol. The van der Waals surface area contributed by atoms with Crippen LogP contribution in [0.5, 0.6) is 5.75 Å². The number of H-pyrrole nitrogens is 1. The van der Waals surface area contributed by atoms with Crippen LogP contribution >= 0.6 is 0 Å². The zero-order chi connectivity index (χ0) is 28.9. The maximum absolute atomic E-state index is 12.3. The zero-order valence-electron chi connectivity index (χ0n) is 24.7. The Morgan fingerprint density at radius 1 is 0.762 bits per heavy atom. The maximum Gasteiger partial charge on any atom is 0.248 e. The summed E-state index contributed by atoms with van der Waals surface area (Å²) in [6.45, 7) is 6.86. The molecule has 4 heteroatoms. The SMILES string of the molecule is CCc1cc2c(cc1CC)CC(N(CCc1ccc(OCc3ccccc3)c3[nH]c(=O)ccc13)Cc1ccccc1)C2. The number of ether oxygens (including phenoxy) is 1. The predicted octanol–water partition coefficient (Wildman–Crippen LogP) is 7.44. The molecule has 4 aromatic carbocycles. The Hall–Kier alpha value is -4.15. The highest BCUT2D eigenvalue weighted by Crippen LogP contribution is 2.31. The van der Waals surface area contributed by atoms with E-state index in [1.54, 1.807) is 6.07 Å². The van der Waals surface area contributed by atoms with Crippen LogP contribution in [0.3, 0.4) is 0 Å². The van der Waals surface area contributed by atoms with Crippen molar-refractivity contribution in [2.24, 2.45) is 0 Å². The highest BCUT2D eigenvalue weighted by Gasteiger charge is 2.28. The number of pyridine rings is 1. The van der Waals surface area contributed by atoms with E-state index in [1.165, 1.54) is 33.4 Å². The molecule has 0 amide bonds. The number of aryl methyl sites for hydroxylation is 2. The highest BCUT2D eigenvalue weighted by atomic mass is 16.5. The third kappa shape index (κ3) is 6.19. The highest BCUT2D eigenvalue weighted by molar-refractivity contribution is 5.87. The largest absolute Gasteiger partial charge is 0.487 e. The summed E-state index contributed by atoms with van der Waals surface area (Å²) in [6, 6.07) is 34.1. The number of fused-ring (bicyclic) bond motifs is 2. The lowest BCUT2D eigenvalue weighted by atomic mass is 9.97. The fourth-order valence-corrected chi connectivity index (χ4v) is 6.50. The van der Waals surface area contributed by atoms with Crippen molar-refractivity contribution in [2.75, 3.05) is 6.54 Å². The topological polar surface area (TPSA) is 45.3 Å². The predicted molar refractivity (Wildman–Crippen MR) is 172 cm³/mol. The number of rotatable bonds is 11. The summed E-state index contributed by atoms with van der Waals surface area (Å²) in [6.07, 6.45) is 5.27. The van der Waals surface area contributed by atoms with Gasteiger partial charge in [-0.2, -0.15) is 0 Å². The molecule has 1 aromatic heterocycles. The molecule has 0 atom stereocenters. The smallest absolute Gasteiger partial charge is 0.248 e. The number of benzene rings is 4. The maximum atomic E-state index is 12.3. The minimum absolute atomic E-state index is 0.114. The molecule has 0 bridgehead atoms. The Morgan fingerprint density at radius 2 is 1.40 bits per heavy atom. The third-order valence-electron chi connectivity index (χ3n) is 8.79. The minimum atomic E-state index is -0.114. The van der Waals surface area contributed by atoms with E-state index in [2.05, 4.69) is 72.3 Å². The van der Waals surface area contributed by atoms with Gasteiger partial charge in [-0.15, -0.1) is 0 Å². The number of aromatic nitrogens is 1. The summed E-state index contributed by atoms with van der Waals surface area (Å²) >= 11 is 0. The molecule has 1 aliphatic rings. The Kier molecular flexibility index (Phi) is 8.52. The fraction of sp³-hybridized carbons (Fsp3) is 0.289. The van der Waals surface area contributed by atoms with Crippen molar-refractivity contribution in [3.8, 4) is 5.75 Å². The van der Waals surface area contributed by atoms with E-state index >= 15 is 0 Å². The number of hydrogen-bond acceptors (Lipinski definition) is 3. The van der Waals surface area contributed by atoms with Gasteiger partial charge < -0.3 is 9.72 Å². The van der Waals surface area contributed by atoms with Crippen LogP contribution in [0.4, 0.5) is 0 Å². The molecular weight excluding hydrogens is 516 g/mol. The van der Waals surface area contributed by atoms with E-state index in [9.17, 15) is 4.79 Å². The van der Waals surface area contributed by atoms with E-state index in [-0.39, 0.29) is 5.56 Å². The summed E-state index contributed by atoms with van der Waals surface area (Å²) in [4.78, 5) is 18.1. The van der Waals surface area contributed by atoms with Gasteiger partial charge in [0.1, 0.15) is 12.4 Å². The normalized spacial score (nSPS) is 13.1. The van der Waals surface area contributed by atoms with E-state index < -0.39 is 0 Å². The van der Waals surface area contributed by atoms with Crippen LogP contribution in [0.25, 0.3) is 10.9 Å². The van der Waals surface area contributed by atoms with Crippen LogP contribution in [0.1, 0.15) is 52.8 Å². The van der Waals surface area contributed by atoms with Crippen molar-refractivity contribution >= 4 is 10.9 Å². The Morgan fingerprint density at radius 3 is 2.05 bits per heavy atom. The average Bonchev–Trinajstić information content (AvgIpc) is 3.45. The summed E-state index contributed by atoms with van der Waals surface area (Å²) in [5, 5.41) is 1.05. The molecule has 1 aliphatic carbocycles. The van der Waals surface area contributed by atoms with Crippen LogP contribution in [-0.4, -0.2) is 22.5 Å². The van der Waals surface area contributed by atoms with Gasteiger partial charge in [0, 0.05) is 30.6 Å². The lowest BCUT2D eigenvalue weighted by molar-refractivity contribution is 0.195.